The Bertz CT molecular complexity index is 398. The van der Waals surface area contributed by atoms with Crippen LogP contribution in [0.2, 0.25) is 0 Å². The van der Waals surface area contributed by atoms with E-state index in [1.807, 2.05) is 12.1 Å². The molecule has 0 aromatic heterocycles. The third-order valence-corrected chi connectivity index (χ3v) is 3.69. The molecule has 1 rings (SSSR count). The van der Waals surface area contributed by atoms with Crippen LogP contribution in [-0.4, -0.2) is 12.6 Å². The fourth-order valence-electron chi connectivity index (χ4n) is 2.36. The summed E-state index contributed by atoms with van der Waals surface area (Å²) < 4.78 is 0. The fraction of sp³-hybridized carbons (Fsp3) is 0.632. The second kappa shape index (κ2) is 12.2. The fourth-order valence-corrected chi connectivity index (χ4v) is 2.36. The van der Waals surface area contributed by atoms with E-state index in [0.29, 0.717) is 12.2 Å². The van der Waals surface area contributed by atoms with Gasteiger partial charge >= 0.3 is 5.97 Å². The molecular formula is C19H30O3. The molecule has 0 fully saturated rings. The van der Waals surface area contributed by atoms with Crippen molar-refractivity contribution in [2.75, 3.05) is 6.61 Å². The Morgan fingerprint density at radius 3 is 2.14 bits per heavy atom. The highest BCUT2D eigenvalue weighted by Crippen LogP contribution is 2.09. The standard InChI is InChI=1S/C19H30O3/c1-3-5-6-7-8-9-10-16-21-22-19(20)18-14-12-17(11-4-2)13-15-18/h12-15H,3-11,16H2,1-2H3. The van der Waals surface area contributed by atoms with Crippen molar-refractivity contribution in [3.05, 3.63) is 35.4 Å². The first kappa shape index (κ1) is 18.7. The van der Waals surface area contributed by atoms with Crippen LogP contribution < -0.4 is 0 Å². The van der Waals surface area contributed by atoms with Crippen LogP contribution in [-0.2, 0) is 16.2 Å². The third-order valence-electron chi connectivity index (χ3n) is 3.69. The van der Waals surface area contributed by atoms with Gasteiger partial charge in [0.05, 0.1) is 12.2 Å². The summed E-state index contributed by atoms with van der Waals surface area (Å²) in [5.74, 6) is -0.411. The number of aryl methyl sites for hydroxylation is 1. The summed E-state index contributed by atoms with van der Waals surface area (Å²) in [7, 11) is 0. The molecule has 0 amide bonds. The number of carbonyl (C=O) groups excluding carboxylic acids is 1. The molecule has 0 aliphatic rings. The molecule has 0 saturated carbocycles. The summed E-state index contributed by atoms with van der Waals surface area (Å²) in [5.41, 5.74) is 1.78. The number of carbonyl (C=O) groups is 1. The van der Waals surface area contributed by atoms with E-state index in [4.69, 9.17) is 9.78 Å². The molecule has 1 aromatic carbocycles. The van der Waals surface area contributed by atoms with E-state index in [1.165, 1.54) is 37.7 Å². The molecule has 0 N–H and O–H groups in total. The van der Waals surface area contributed by atoms with Gasteiger partial charge in [0.2, 0.25) is 0 Å². The Hall–Kier alpha value is -1.35. The molecule has 0 heterocycles. The number of hydrogen-bond acceptors (Lipinski definition) is 3. The second-order valence-corrected chi connectivity index (χ2v) is 5.76. The minimum absolute atomic E-state index is 0.411. The van der Waals surface area contributed by atoms with Crippen molar-refractivity contribution in [1.82, 2.24) is 0 Å². The lowest BCUT2D eigenvalue weighted by atomic mass is 10.1. The van der Waals surface area contributed by atoms with Crippen LogP contribution >= 0.6 is 0 Å². The van der Waals surface area contributed by atoms with Crippen molar-refractivity contribution in [3.63, 3.8) is 0 Å². The Morgan fingerprint density at radius 1 is 0.864 bits per heavy atom. The van der Waals surface area contributed by atoms with Gasteiger partial charge in [-0.05, 0) is 30.5 Å². The van der Waals surface area contributed by atoms with E-state index in [-0.39, 0.29) is 0 Å². The van der Waals surface area contributed by atoms with Crippen LogP contribution in [0.1, 0.15) is 81.1 Å². The maximum absolute atomic E-state index is 11.8. The summed E-state index contributed by atoms with van der Waals surface area (Å²) in [6.07, 6.45) is 10.6. The predicted molar refractivity (Wildman–Crippen MR) is 89.8 cm³/mol. The van der Waals surface area contributed by atoms with Gasteiger partial charge in [0.1, 0.15) is 0 Å². The molecule has 124 valence electrons. The molecule has 0 bridgehead atoms. The Kier molecular flexibility index (Phi) is 10.4. The summed E-state index contributed by atoms with van der Waals surface area (Å²) >= 11 is 0. The molecule has 0 saturated heterocycles. The quantitative estimate of drug-likeness (QED) is 0.291. The Balaban J connectivity index is 2.08. The normalized spacial score (nSPS) is 10.6. The van der Waals surface area contributed by atoms with Crippen LogP contribution in [0, 0.1) is 0 Å². The number of benzene rings is 1. The van der Waals surface area contributed by atoms with Crippen LogP contribution in [0.5, 0.6) is 0 Å². The Labute approximate surface area is 134 Å². The topological polar surface area (TPSA) is 35.5 Å². The lowest BCUT2D eigenvalue weighted by Gasteiger charge is -2.05. The molecule has 22 heavy (non-hydrogen) atoms. The van der Waals surface area contributed by atoms with Gasteiger partial charge < -0.3 is 0 Å². The number of rotatable bonds is 12. The van der Waals surface area contributed by atoms with E-state index in [2.05, 4.69) is 13.8 Å². The molecule has 3 heteroatoms. The maximum atomic E-state index is 11.8. The molecule has 0 spiro atoms. The molecule has 0 atom stereocenters. The van der Waals surface area contributed by atoms with E-state index in [9.17, 15) is 4.79 Å². The largest absolute Gasteiger partial charge is 0.373 e. The van der Waals surface area contributed by atoms with E-state index in [1.54, 1.807) is 12.1 Å². The van der Waals surface area contributed by atoms with Gasteiger partial charge in [-0.1, -0.05) is 70.9 Å². The first-order chi connectivity index (χ1) is 10.8. The van der Waals surface area contributed by atoms with Gasteiger partial charge in [0, 0.05) is 0 Å². The van der Waals surface area contributed by atoms with Crippen molar-refractivity contribution in [2.45, 2.75) is 71.6 Å². The number of hydrogen-bond donors (Lipinski definition) is 0. The highest BCUT2D eigenvalue weighted by atomic mass is 17.2. The maximum Gasteiger partial charge on any atom is 0.373 e. The lowest BCUT2D eigenvalue weighted by molar-refractivity contribution is -0.241. The van der Waals surface area contributed by atoms with Crippen molar-refractivity contribution in [2.24, 2.45) is 0 Å². The van der Waals surface area contributed by atoms with Crippen LogP contribution in [0.3, 0.4) is 0 Å². The minimum Gasteiger partial charge on any atom is -0.293 e. The summed E-state index contributed by atoms with van der Waals surface area (Å²) in [5, 5.41) is 0. The summed E-state index contributed by atoms with van der Waals surface area (Å²) in [6, 6.07) is 7.53. The van der Waals surface area contributed by atoms with E-state index >= 15 is 0 Å². The van der Waals surface area contributed by atoms with Gasteiger partial charge in [-0.15, -0.1) is 0 Å². The van der Waals surface area contributed by atoms with E-state index in [0.717, 1.165) is 25.7 Å². The van der Waals surface area contributed by atoms with Gasteiger partial charge in [-0.3, -0.25) is 4.89 Å². The molecule has 0 radical (unpaired) electrons. The van der Waals surface area contributed by atoms with Gasteiger partial charge in [-0.25, -0.2) is 4.79 Å². The minimum atomic E-state index is -0.411. The molecule has 0 unspecified atom stereocenters. The SMILES string of the molecule is CCCCCCCCCOOC(=O)c1ccc(CCC)cc1. The average Bonchev–Trinajstić information content (AvgIpc) is 2.54. The predicted octanol–water partition coefficient (Wildman–Crippen LogP) is 5.48. The van der Waals surface area contributed by atoms with Crippen molar-refractivity contribution in [1.29, 1.82) is 0 Å². The molecular weight excluding hydrogens is 276 g/mol. The monoisotopic (exact) mass is 306 g/mol. The smallest absolute Gasteiger partial charge is 0.293 e. The van der Waals surface area contributed by atoms with Crippen molar-refractivity contribution in [3.8, 4) is 0 Å². The zero-order valence-electron chi connectivity index (χ0n) is 14.1. The molecule has 3 nitrogen and oxygen atoms in total. The molecule has 0 aliphatic carbocycles. The number of unbranched alkanes of at least 4 members (excludes halogenated alkanes) is 6. The second-order valence-electron chi connectivity index (χ2n) is 5.76. The summed E-state index contributed by atoms with van der Waals surface area (Å²) in [6.45, 7) is 4.84. The first-order valence-corrected chi connectivity index (χ1v) is 8.70. The van der Waals surface area contributed by atoms with Gasteiger partial charge in [0.15, 0.2) is 0 Å². The zero-order valence-corrected chi connectivity index (χ0v) is 14.1. The molecule has 1 aromatic rings. The highest BCUT2D eigenvalue weighted by molar-refractivity contribution is 5.88. The van der Waals surface area contributed by atoms with Crippen LogP contribution in [0.4, 0.5) is 0 Å². The zero-order chi connectivity index (χ0) is 16.0. The van der Waals surface area contributed by atoms with E-state index < -0.39 is 5.97 Å². The third kappa shape index (κ3) is 8.18. The van der Waals surface area contributed by atoms with Crippen LogP contribution in [0.25, 0.3) is 0 Å². The summed E-state index contributed by atoms with van der Waals surface area (Å²) in [4.78, 5) is 21.6. The lowest BCUT2D eigenvalue weighted by Crippen LogP contribution is -2.07. The Morgan fingerprint density at radius 2 is 1.50 bits per heavy atom. The van der Waals surface area contributed by atoms with Crippen molar-refractivity contribution < 1.29 is 14.6 Å². The van der Waals surface area contributed by atoms with Gasteiger partial charge in [0.25, 0.3) is 0 Å². The van der Waals surface area contributed by atoms with Crippen LogP contribution in [0.15, 0.2) is 24.3 Å². The molecule has 0 aliphatic heterocycles. The first-order valence-electron chi connectivity index (χ1n) is 8.70. The van der Waals surface area contributed by atoms with Gasteiger partial charge in [-0.2, -0.15) is 4.89 Å². The average molecular weight is 306 g/mol. The van der Waals surface area contributed by atoms with Crippen molar-refractivity contribution >= 4 is 5.97 Å². The highest BCUT2D eigenvalue weighted by Gasteiger charge is 2.07.